The standard InChI is InChI=1S/C14H8Br2N2O/c15-10-3-1-9(2-4-10)12-6-5-11(16)7-13(12)14-8-17-18-19-14/h1-8H. The normalized spacial score (nSPS) is 10.6. The van der Waals surface area contributed by atoms with Crippen molar-refractivity contribution in [2.24, 2.45) is 0 Å². The van der Waals surface area contributed by atoms with E-state index in [1.807, 2.05) is 30.3 Å². The molecule has 0 saturated heterocycles. The monoisotopic (exact) mass is 378 g/mol. The lowest BCUT2D eigenvalue weighted by atomic mass is 9.98. The minimum atomic E-state index is 0.652. The van der Waals surface area contributed by atoms with Gasteiger partial charge in [0.25, 0.3) is 0 Å². The maximum absolute atomic E-state index is 5.17. The smallest absolute Gasteiger partial charge is 0.187 e. The Hall–Kier alpha value is -1.46. The molecule has 5 heteroatoms. The average Bonchev–Trinajstić information content (AvgIpc) is 2.94. The molecule has 0 unspecified atom stereocenters. The minimum Gasteiger partial charge on any atom is -0.337 e. The Balaban J connectivity index is 2.18. The van der Waals surface area contributed by atoms with Gasteiger partial charge in [0, 0.05) is 19.8 Å². The Kier molecular flexibility index (Phi) is 3.48. The van der Waals surface area contributed by atoms with Gasteiger partial charge in [-0.3, -0.25) is 0 Å². The molecule has 94 valence electrons. The summed E-state index contributed by atoms with van der Waals surface area (Å²) in [7, 11) is 0. The molecule has 0 fully saturated rings. The van der Waals surface area contributed by atoms with Crippen molar-refractivity contribution in [1.82, 2.24) is 10.4 Å². The van der Waals surface area contributed by atoms with Crippen molar-refractivity contribution in [2.45, 2.75) is 0 Å². The average molecular weight is 380 g/mol. The Bertz CT molecular complexity index is 694. The van der Waals surface area contributed by atoms with E-state index in [4.69, 9.17) is 4.52 Å². The molecule has 0 aliphatic heterocycles. The van der Waals surface area contributed by atoms with E-state index in [2.05, 4.69) is 54.4 Å². The van der Waals surface area contributed by atoms with Crippen molar-refractivity contribution in [3.05, 3.63) is 57.6 Å². The van der Waals surface area contributed by atoms with Crippen molar-refractivity contribution in [3.63, 3.8) is 0 Å². The van der Waals surface area contributed by atoms with Gasteiger partial charge in [-0.2, -0.15) is 0 Å². The summed E-state index contributed by atoms with van der Waals surface area (Å²) in [5.41, 5.74) is 3.15. The fourth-order valence-corrected chi connectivity index (χ4v) is 2.51. The predicted octanol–water partition coefficient (Wildman–Crippen LogP) is 4.93. The fraction of sp³-hybridized carbons (Fsp3) is 0. The van der Waals surface area contributed by atoms with E-state index in [0.29, 0.717) is 5.76 Å². The highest BCUT2D eigenvalue weighted by Crippen LogP contribution is 2.34. The van der Waals surface area contributed by atoms with Gasteiger partial charge in [0.05, 0.1) is 6.20 Å². The van der Waals surface area contributed by atoms with Crippen molar-refractivity contribution in [3.8, 4) is 22.5 Å². The summed E-state index contributed by atoms with van der Waals surface area (Å²) in [6.07, 6.45) is 1.62. The molecule has 0 spiro atoms. The molecule has 0 aliphatic carbocycles. The molecule has 19 heavy (non-hydrogen) atoms. The molecule has 0 saturated carbocycles. The van der Waals surface area contributed by atoms with Gasteiger partial charge in [0.2, 0.25) is 0 Å². The minimum absolute atomic E-state index is 0.652. The first kappa shape index (κ1) is 12.6. The predicted molar refractivity (Wildman–Crippen MR) is 80.6 cm³/mol. The molecular formula is C14H8Br2N2O. The SMILES string of the molecule is Brc1ccc(-c2ccc(Br)cc2-c2cnno2)cc1. The fourth-order valence-electron chi connectivity index (χ4n) is 1.89. The third-order valence-corrected chi connectivity index (χ3v) is 3.79. The van der Waals surface area contributed by atoms with Gasteiger partial charge in [-0.15, -0.1) is 5.10 Å². The molecule has 1 aromatic heterocycles. The zero-order chi connectivity index (χ0) is 13.2. The lowest BCUT2D eigenvalue weighted by Gasteiger charge is -2.08. The molecule has 0 bridgehead atoms. The van der Waals surface area contributed by atoms with Gasteiger partial charge >= 0.3 is 0 Å². The topological polar surface area (TPSA) is 38.9 Å². The molecule has 0 aliphatic rings. The summed E-state index contributed by atoms with van der Waals surface area (Å²) in [6, 6.07) is 14.2. The summed E-state index contributed by atoms with van der Waals surface area (Å²) in [5.74, 6) is 0.652. The second kappa shape index (κ2) is 5.27. The zero-order valence-electron chi connectivity index (χ0n) is 9.68. The summed E-state index contributed by atoms with van der Waals surface area (Å²) in [6.45, 7) is 0. The molecule has 0 amide bonds. The summed E-state index contributed by atoms with van der Waals surface area (Å²) >= 11 is 6.92. The van der Waals surface area contributed by atoms with Crippen LogP contribution in [0.1, 0.15) is 0 Å². The van der Waals surface area contributed by atoms with Crippen molar-refractivity contribution in [2.75, 3.05) is 0 Å². The molecule has 0 atom stereocenters. The van der Waals surface area contributed by atoms with Gasteiger partial charge in [-0.05, 0) is 35.4 Å². The van der Waals surface area contributed by atoms with Crippen LogP contribution in [0.25, 0.3) is 22.5 Å². The van der Waals surface area contributed by atoms with Gasteiger partial charge < -0.3 is 4.52 Å². The number of nitrogens with zero attached hydrogens (tertiary/aromatic N) is 2. The zero-order valence-corrected chi connectivity index (χ0v) is 12.8. The number of benzene rings is 2. The van der Waals surface area contributed by atoms with Gasteiger partial charge in [0.15, 0.2) is 5.76 Å². The van der Waals surface area contributed by atoms with E-state index in [-0.39, 0.29) is 0 Å². The molecular weight excluding hydrogens is 372 g/mol. The number of hydrogen-bond acceptors (Lipinski definition) is 3. The van der Waals surface area contributed by atoms with Gasteiger partial charge in [-0.25, -0.2) is 0 Å². The summed E-state index contributed by atoms with van der Waals surface area (Å²) in [5, 5.41) is 7.27. The highest BCUT2D eigenvalue weighted by atomic mass is 79.9. The van der Waals surface area contributed by atoms with Crippen LogP contribution >= 0.6 is 31.9 Å². The summed E-state index contributed by atoms with van der Waals surface area (Å²) < 4.78 is 7.21. The van der Waals surface area contributed by atoms with Crippen molar-refractivity contribution >= 4 is 31.9 Å². The third kappa shape index (κ3) is 2.62. The van der Waals surface area contributed by atoms with Gasteiger partial charge in [-0.1, -0.05) is 50.1 Å². The van der Waals surface area contributed by atoms with Crippen LogP contribution in [0, 0.1) is 0 Å². The third-order valence-electron chi connectivity index (χ3n) is 2.76. The Labute approximate surface area is 126 Å². The van der Waals surface area contributed by atoms with E-state index in [1.165, 1.54) is 0 Å². The first-order valence-electron chi connectivity index (χ1n) is 5.57. The highest BCUT2D eigenvalue weighted by molar-refractivity contribution is 9.10. The maximum Gasteiger partial charge on any atom is 0.187 e. The van der Waals surface area contributed by atoms with Gasteiger partial charge in [0.1, 0.15) is 0 Å². The van der Waals surface area contributed by atoms with Crippen LogP contribution in [0.15, 0.2) is 62.1 Å². The molecule has 0 N–H and O–H groups in total. The summed E-state index contributed by atoms with van der Waals surface area (Å²) in [4.78, 5) is 0. The second-order valence-electron chi connectivity index (χ2n) is 3.98. The van der Waals surface area contributed by atoms with Crippen LogP contribution in [0.5, 0.6) is 0 Å². The van der Waals surface area contributed by atoms with E-state index < -0.39 is 0 Å². The van der Waals surface area contributed by atoms with E-state index in [9.17, 15) is 0 Å². The molecule has 2 aromatic carbocycles. The quantitative estimate of drug-likeness (QED) is 0.633. The van der Waals surface area contributed by atoms with Crippen LogP contribution in [-0.2, 0) is 0 Å². The Morgan fingerprint density at radius 1 is 0.842 bits per heavy atom. The van der Waals surface area contributed by atoms with Crippen LogP contribution < -0.4 is 0 Å². The number of halogens is 2. The Morgan fingerprint density at radius 3 is 2.26 bits per heavy atom. The highest BCUT2D eigenvalue weighted by Gasteiger charge is 2.11. The van der Waals surface area contributed by atoms with Crippen molar-refractivity contribution < 1.29 is 4.52 Å². The molecule has 3 aromatic rings. The second-order valence-corrected chi connectivity index (χ2v) is 5.81. The molecule has 0 radical (unpaired) electrons. The number of aromatic nitrogens is 2. The first-order chi connectivity index (χ1) is 9.24. The van der Waals surface area contributed by atoms with Crippen LogP contribution in [0.4, 0.5) is 0 Å². The maximum atomic E-state index is 5.17. The van der Waals surface area contributed by atoms with Crippen LogP contribution in [-0.4, -0.2) is 10.4 Å². The largest absolute Gasteiger partial charge is 0.337 e. The lowest BCUT2D eigenvalue weighted by molar-refractivity contribution is 0.404. The van der Waals surface area contributed by atoms with E-state index >= 15 is 0 Å². The molecule has 3 rings (SSSR count). The van der Waals surface area contributed by atoms with Crippen LogP contribution in [0.3, 0.4) is 0 Å². The van der Waals surface area contributed by atoms with E-state index in [0.717, 1.165) is 25.6 Å². The Morgan fingerprint density at radius 2 is 1.58 bits per heavy atom. The first-order valence-corrected chi connectivity index (χ1v) is 7.16. The van der Waals surface area contributed by atoms with E-state index in [1.54, 1.807) is 6.20 Å². The van der Waals surface area contributed by atoms with Crippen LogP contribution in [0.2, 0.25) is 0 Å². The number of hydrogen-bond donors (Lipinski definition) is 0. The molecule has 1 heterocycles. The lowest BCUT2D eigenvalue weighted by Crippen LogP contribution is -1.84. The molecule has 3 nitrogen and oxygen atoms in total. The number of rotatable bonds is 2. The van der Waals surface area contributed by atoms with Crippen molar-refractivity contribution in [1.29, 1.82) is 0 Å².